The molecular formula is C24H17BrN2O6. The molecule has 0 radical (unpaired) electrons. The van der Waals surface area contributed by atoms with Gasteiger partial charge < -0.3 is 9.15 Å². The standard InChI is InChI=1S/C24H17BrN2O6/c1-2-32-23(30)18-6-4-3-5-17(18)20-12-11-16(33-20)13-19-21(28)26-24(31)27(22(19)29)15-9-7-14(25)8-10-15/h3-13H,2H2,1H3,(H,26,28,31). The Kier molecular flexibility index (Phi) is 6.23. The predicted octanol–water partition coefficient (Wildman–Crippen LogP) is 4.55. The molecule has 9 heteroatoms. The second kappa shape index (κ2) is 9.25. The van der Waals surface area contributed by atoms with E-state index in [1.807, 2.05) is 0 Å². The van der Waals surface area contributed by atoms with E-state index in [0.29, 0.717) is 22.6 Å². The maximum atomic E-state index is 13.0. The molecule has 1 aliphatic rings. The maximum Gasteiger partial charge on any atom is 0.338 e. The Balaban J connectivity index is 1.67. The van der Waals surface area contributed by atoms with Crippen molar-refractivity contribution < 1.29 is 28.3 Å². The number of imide groups is 2. The first kappa shape index (κ1) is 22.2. The lowest BCUT2D eigenvalue weighted by atomic mass is 10.1. The van der Waals surface area contributed by atoms with Crippen LogP contribution in [0.15, 0.2) is 75.1 Å². The van der Waals surface area contributed by atoms with Gasteiger partial charge in [-0.1, -0.05) is 34.1 Å². The number of barbiturate groups is 1. The Labute approximate surface area is 197 Å². The molecule has 0 bridgehead atoms. The summed E-state index contributed by atoms with van der Waals surface area (Å²) in [5.41, 5.74) is 0.873. The third-order valence-corrected chi connectivity index (χ3v) is 5.32. The van der Waals surface area contributed by atoms with Crippen molar-refractivity contribution in [2.75, 3.05) is 11.5 Å². The van der Waals surface area contributed by atoms with Crippen LogP contribution in [0.25, 0.3) is 17.4 Å². The van der Waals surface area contributed by atoms with E-state index in [9.17, 15) is 19.2 Å². The smallest absolute Gasteiger partial charge is 0.338 e. The first-order chi connectivity index (χ1) is 15.9. The summed E-state index contributed by atoms with van der Waals surface area (Å²) >= 11 is 3.30. The predicted molar refractivity (Wildman–Crippen MR) is 123 cm³/mol. The second-order valence-electron chi connectivity index (χ2n) is 6.90. The van der Waals surface area contributed by atoms with E-state index >= 15 is 0 Å². The van der Waals surface area contributed by atoms with Gasteiger partial charge in [0, 0.05) is 10.0 Å². The van der Waals surface area contributed by atoms with Crippen LogP contribution in [-0.2, 0) is 14.3 Å². The van der Waals surface area contributed by atoms with Crippen molar-refractivity contribution in [1.82, 2.24) is 5.32 Å². The number of carbonyl (C=O) groups is 4. The van der Waals surface area contributed by atoms with Crippen molar-refractivity contribution >= 4 is 51.5 Å². The summed E-state index contributed by atoms with van der Waals surface area (Å²) in [6.45, 7) is 1.94. The van der Waals surface area contributed by atoms with Crippen LogP contribution in [0.2, 0.25) is 0 Å². The van der Waals surface area contributed by atoms with Gasteiger partial charge in [0.05, 0.1) is 17.9 Å². The van der Waals surface area contributed by atoms with Crippen LogP contribution in [0.3, 0.4) is 0 Å². The van der Waals surface area contributed by atoms with Gasteiger partial charge in [-0.25, -0.2) is 14.5 Å². The fourth-order valence-electron chi connectivity index (χ4n) is 3.28. The molecule has 0 aliphatic carbocycles. The molecule has 166 valence electrons. The third-order valence-electron chi connectivity index (χ3n) is 4.79. The Morgan fingerprint density at radius 3 is 2.52 bits per heavy atom. The number of benzene rings is 2. The number of hydrogen-bond donors (Lipinski definition) is 1. The van der Waals surface area contributed by atoms with Gasteiger partial charge in [0.15, 0.2) is 0 Å². The molecule has 4 rings (SSSR count). The number of nitrogens with zero attached hydrogens (tertiary/aromatic N) is 1. The van der Waals surface area contributed by atoms with Gasteiger partial charge in [0.25, 0.3) is 11.8 Å². The van der Waals surface area contributed by atoms with Gasteiger partial charge in [0.2, 0.25) is 0 Å². The lowest BCUT2D eigenvalue weighted by Gasteiger charge is -2.26. The fraction of sp³-hybridized carbons (Fsp3) is 0.0833. The summed E-state index contributed by atoms with van der Waals surface area (Å²) in [5.74, 6) is -1.55. The number of amides is 4. The highest BCUT2D eigenvalue weighted by atomic mass is 79.9. The lowest BCUT2D eigenvalue weighted by molar-refractivity contribution is -0.122. The van der Waals surface area contributed by atoms with Crippen molar-refractivity contribution in [3.63, 3.8) is 0 Å². The summed E-state index contributed by atoms with van der Waals surface area (Å²) in [7, 11) is 0. The van der Waals surface area contributed by atoms with Gasteiger partial charge in [-0.3, -0.25) is 14.9 Å². The van der Waals surface area contributed by atoms with Gasteiger partial charge in [-0.15, -0.1) is 0 Å². The molecule has 1 N–H and O–H groups in total. The van der Waals surface area contributed by atoms with Crippen molar-refractivity contribution in [2.45, 2.75) is 6.92 Å². The molecule has 33 heavy (non-hydrogen) atoms. The minimum Gasteiger partial charge on any atom is -0.462 e. The molecule has 8 nitrogen and oxygen atoms in total. The van der Waals surface area contributed by atoms with Crippen LogP contribution in [-0.4, -0.2) is 30.4 Å². The molecule has 0 atom stereocenters. The third kappa shape index (κ3) is 4.49. The molecule has 0 spiro atoms. The fourth-order valence-corrected chi connectivity index (χ4v) is 3.55. The number of furan rings is 1. The Bertz CT molecular complexity index is 1290. The van der Waals surface area contributed by atoms with Crippen molar-refractivity contribution in [3.8, 4) is 11.3 Å². The zero-order valence-corrected chi connectivity index (χ0v) is 18.9. The maximum absolute atomic E-state index is 13.0. The van der Waals surface area contributed by atoms with Gasteiger partial charge in [-0.2, -0.15) is 0 Å². The SMILES string of the molecule is CCOC(=O)c1ccccc1-c1ccc(C=C2C(=O)NC(=O)N(c3ccc(Br)cc3)C2=O)o1. The zero-order chi connectivity index (χ0) is 23.5. The summed E-state index contributed by atoms with van der Waals surface area (Å²) in [6, 6.07) is 15.6. The van der Waals surface area contributed by atoms with Crippen LogP contribution in [0, 0.1) is 0 Å². The molecule has 1 saturated heterocycles. The van der Waals surface area contributed by atoms with E-state index in [4.69, 9.17) is 9.15 Å². The first-order valence-electron chi connectivity index (χ1n) is 9.92. The number of urea groups is 1. The van der Waals surface area contributed by atoms with E-state index < -0.39 is 23.8 Å². The van der Waals surface area contributed by atoms with Crippen LogP contribution in [0.1, 0.15) is 23.0 Å². The zero-order valence-electron chi connectivity index (χ0n) is 17.3. The minimum atomic E-state index is -0.840. The van der Waals surface area contributed by atoms with E-state index in [1.165, 1.54) is 6.08 Å². The van der Waals surface area contributed by atoms with Crippen LogP contribution in [0.5, 0.6) is 0 Å². The number of hydrogen-bond acceptors (Lipinski definition) is 6. The minimum absolute atomic E-state index is 0.201. The second-order valence-corrected chi connectivity index (χ2v) is 7.82. The molecule has 1 fully saturated rings. The normalized spacial score (nSPS) is 15.0. The van der Waals surface area contributed by atoms with Gasteiger partial charge in [-0.05, 0) is 55.5 Å². The molecular weight excluding hydrogens is 492 g/mol. The van der Waals surface area contributed by atoms with Gasteiger partial charge >= 0.3 is 12.0 Å². The highest BCUT2D eigenvalue weighted by Crippen LogP contribution is 2.29. The van der Waals surface area contributed by atoms with Crippen molar-refractivity contribution in [1.29, 1.82) is 0 Å². The van der Waals surface area contributed by atoms with Crippen molar-refractivity contribution in [2.24, 2.45) is 0 Å². The molecule has 3 aromatic rings. The van der Waals surface area contributed by atoms with Gasteiger partial charge in [0.1, 0.15) is 17.1 Å². The number of anilines is 1. The van der Waals surface area contributed by atoms with Crippen LogP contribution in [0.4, 0.5) is 10.5 Å². The molecule has 0 saturated carbocycles. The van der Waals surface area contributed by atoms with E-state index in [2.05, 4.69) is 21.2 Å². The largest absolute Gasteiger partial charge is 0.462 e. The summed E-state index contributed by atoms with van der Waals surface area (Å²) < 4.78 is 11.7. The van der Waals surface area contributed by atoms with Crippen LogP contribution >= 0.6 is 15.9 Å². The highest BCUT2D eigenvalue weighted by Gasteiger charge is 2.37. The summed E-state index contributed by atoms with van der Waals surface area (Å²) in [4.78, 5) is 50.8. The topological polar surface area (TPSA) is 106 Å². The number of halogens is 1. The highest BCUT2D eigenvalue weighted by molar-refractivity contribution is 9.10. The molecule has 1 aromatic heterocycles. The Hall–Kier alpha value is -3.98. The average Bonchev–Trinajstić information content (AvgIpc) is 3.26. The average molecular weight is 509 g/mol. The molecule has 4 amide bonds. The van der Waals surface area contributed by atoms with E-state index in [1.54, 1.807) is 67.6 Å². The Morgan fingerprint density at radius 1 is 1.06 bits per heavy atom. The molecule has 2 heterocycles. The molecule has 2 aromatic carbocycles. The summed E-state index contributed by atoms with van der Waals surface area (Å²) in [6.07, 6.45) is 1.26. The number of ether oxygens (including phenoxy) is 1. The number of nitrogens with one attached hydrogen (secondary N) is 1. The molecule has 1 aliphatic heterocycles. The Morgan fingerprint density at radius 2 is 1.79 bits per heavy atom. The van der Waals surface area contributed by atoms with E-state index in [-0.39, 0.29) is 17.9 Å². The lowest BCUT2D eigenvalue weighted by Crippen LogP contribution is -2.54. The first-order valence-corrected chi connectivity index (χ1v) is 10.7. The quantitative estimate of drug-likeness (QED) is 0.307. The number of rotatable bonds is 5. The van der Waals surface area contributed by atoms with Crippen molar-refractivity contribution in [3.05, 3.63) is 82.0 Å². The van der Waals surface area contributed by atoms with E-state index in [0.717, 1.165) is 9.37 Å². The number of esters is 1. The molecule has 0 unspecified atom stereocenters. The number of carbonyl (C=O) groups excluding carboxylic acids is 4. The van der Waals surface area contributed by atoms with Crippen LogP contribution < -0.4 is 10.2 Å². The monoisotopic (exact) mass is 508 g/mol. The summed E-state index contributed by atoms with van der Waals surface area (Å²) in [5, 5.41) is 2.16.